The number of carbonyl (C=O) groups is 1. The van der Waals surface area contributed by atoms with Gasteiger partial charge in [0.15, 0.2) is 0 Å². The number of carbonyl (C=O) groups excluding carboxylic acids is 1. The Hall–Kier alpha value is -2.40. The van der Waals surface area contributed by atoms with Crippen LogP contribution < -0.4 is 15.5 Å². The highest BCUT2D eigenvalue weighted by Crippen LogP contribution is 2.17. The lowest BCUT2D eigenvalue weighted by Crippen LogP contribution is -2.43. The predicted octanol–water partition coefficient (Wildman–Crippen LogP) is 2.36. The van der Waals surface area contributed by atoms with Gasteiger partial charge in [-0.3, -0.25) is 4.79 Å². The van der Waals surface area contributed by atoms with E-state index in [1.165, 1.54) is 0 Å². The maximum absolute atomic E-state index is 12.4. The van der Waals surface area contributed by atoms with Crippen LogP contribution in [0.3, 0.4) is 0 Å². The number of nitrogens with zero attached hydrogens (tertiary/aromatic N) is 2. The quantitative estimate of drug-likeness (QED) is 0.914. The zero-order valence-corrected chi connectivity index (χ0v) is 13.6. The molecule has 0 atom stereocenters. The Bertz CT molecular complexity index is 691. The molecule has 23 heavy (non-hydrogen) atoms. The molecule has 1 amide bonds. The van der Waals surface area contributed by atoms with Gasteiger partial charge in [0.2, 0.25) is 0 Å². The molecule has 0 bridgehead atoms. The summed E-state index contributed by atoms with van der Waals surface area (Å²) in [6.45, 7) is 7.91. The summed E-state index contributed by atoms with van der Waals surface area (Å²) < 4.78 is 0. The molecule has 1 aromatic carbocycles. The topological polar surface area (TPSA) is 57.3 Å². The standard InChI is InChI=1S/C18H22N4O/c1-13-3-5-16(14(2)11-13)18(23)21-17-6-4-15(12-20-17)22-9-7-19-8-10-22/h3-6,11-12,19H,7-10H2,1-2H3,(H,20,21,23). The van der Waals surface area contributed by atoms with Crippen molar-refractivity contribution in [3.8, 4) is 0 Å². The van der Waals surface area contributed by atoms with Gasteiger partial charge >= 0.3 is 0 Å². The molecular formula is C18H22N4O. The fourth-order valence-electron chi connectivity index (χ4n) is 2.82. The molecule has 0 unspecified atom stereocenters. The van der Waals surface area contributed by atoms with Crippen molar-refractivity contribution in [2.45, 2.75) is 13.8 Å². The van der Waals surface area contributed by atoms with E-state index >= 15 is 0 Å². The number of benzene rings is 1. The summed E-state index contributed by atoms with van der Waals surface area (Å²) in [6, 6.07) is 9.68. The van der Waals surface area contributed by atoms with Crippen LogP contribution >= 0.6 is 0 Å². The van der Waals surface area contributed by atoms with Crippen molar-refractivity contribution in [2.24, 2.45) is 0 Å². The van der Waals surface area contributed by atoms with Crippen LogP contribution in [0.15, 0.2) is 36.5 Å². The lowest BCUT2D eigenvalue weighted by atomic mass is 10.1. The molecule has 1 aliphatic heterocycles. The van der Waals surface area contributed by atoms with Gasteiger partial charge < -0.3 is 15.5 Å². The van der Waals surface area contributed by atoms with Crippen molar-refractivity contribution in [1.82, 2.24) is 10.3 Å². The Labute approximate surface area is 136 Å². The molecule has 120 valence electrons. The summed E-state index contributed by atoms with van der Waals surface area (Å²) in [5.74, 6) is 0.457. The fraction of sp³-hybridized carbons (Fsp3) is 0.333. The molecule has 5 nitrogen and oxygen atoms in total. The highest BCUT2D eigenvalue weighted by atomic mass is 16.1. The average Bonchev–Trinajstić information content (AvgIpc) is 2.56. The largest absolute Gasteiger partial charge is 0.368 e. The first kappa shape index (κ1) is 15.5. The van der Waals surface area contributed by atoms with Crippen molar-refractivity contribution in [3.05, 3.63) is 53.2 Å². The fourth-order valence-corrected chi connectivity index (χ4v) is 2.82. The van der Waals surface area contributed by atoms with Crippen molar-refractivity contribution < 1.29 is 4.79 Å². The van der Waals surface area contributed by atoms with E-state index in [9.17, 15) is 4.79 Å². The van der Waals surface area contributed by atoms with Crippen LogP contribution in [0.1, 0.15) is 21.5 Å². The number of piperazine rings is 1. The van der Waals surface area contributed by atoms with Crippen LogP contribution in [-0.2, 0) is 0 Å². The molecule has 2 N–H and O–H groups in total. The van der Waals surface area contributed by atoms with Crippen molar-refractivity contribution in [2.75, 3.05) is 36.4 Å². The minimum absolute atomic E-state index is 0.120. The summed E-state index contributed by atoms with van der Waals surface area (Å²) in [5.41, 5.74) is 3.90. The molecule has 0 aliphatic carbocycles. The molecule has 1 saturated heterocycles. The summed E-state index contributed by atoms with van der Waals surface area (Å²) in [6.07, 6.45) is 1.82. The zero-order chi connectivity index (χ0) is 16.2. The van der Waals surface area contributed by atoms with Gasteiger partial charge in [-0.25, -0.2) is 4.98 Å². The second-order valence-corrected chi connectivity index (χ2v) is 5.91. The van der Waals surface area contributed by atoms with Crippen LogP contribution in [0.5, 0.6) is 0 Å². The van der Waals surface area contributed by atoms with Crippen molar-refractivity contribution in [3.63, 3.8) is 0 Å². The minimum Gasteiger partial charge on any atom is -0.368 e. The Kier molecular flexibility index (Phi) is 4.57. The van der Waals surface area contributed by atoms with Crippen LogP contribution in [0, 0.1) is 13.8 Å². The Balaban J connectivity index is 1.69. The van der Waals surface area contributed by atoms with Gasteiger partial charge in [0.05, 0.1) is 11.9 Å². The van der Waals surface area contributed by atoms with Gasteiger partial charge in [-0.1, -0.05) is 17.7 Å². The molecule has 1 fully saturated rings. The number of aryl methyl sites for hydroxylation is 2. The second kappa shape index (κ2) is 6.79. The normalized spacial score (nSPS) is 14.6. The lowest BCUT2D eigenvalue weighted by Gasteiger charge is -2.29. The molecule has 1 aliphatic rings. The number of amides is 1. The predicted molar refractivity (Wildman–Crippen MR) is 93.2 cm³/mol. The van der Waals surface area contributed by atoms with Gasteiger partial charge in [0.25, 0.3) is 5.91 Å². The monoisotopic (exact) mass is 310 g/mol. The van der Waals surface area contributed by atoms with Gasteiger partial charge in [-0.05, 0) is 37.6 Å². The highest BCUT2D eigenvalue weighted by molar-refractivity contribution is 6.04. The van der Waals surface area contributed by atoms with Crippen LogP contribution in [-0.4, -0.2) is 37.1 Å². The Morgan fingerprint density at radius 3 is 2.61 bits per heavy atom. The molecule has 5 heteroatoms. The summed E-state index contributed by atoms with van der Waals surface area (Å²) in [5, 5.41) is 6.20. The van der Waals surface area contributed by atoms with Gasteiger partial charge in [-0.2, -0.15) is 0 Å². The Morgan fingerprint density at radius 2 is 1.96 bits per heavy atom. The van der Waals surface area contributed by atoms with E-state index in [0.29, 0.717) is 11.4 Å². The first-order valence-corrected chi connectivity index (χ1v) is 7.94. The number of hydrogen-bond donors (Lipinski definition) is 2. The van der Waals surface area contributed by atoms with E-state index in [4.69, 9.17) is 0 Å². The number of hydrogen-bond acceptors (Lipinski definition) is 4. The summed E-state index contributed by atoms with van der Waals surface area (Å²) >= 11 is 0. The molecule has 1 aromatic heterocycles. The van der Waals surface area contributed by atoms with Crippen molar-refractivity contribution >= 4 is 17.4 Å². The molecule has 0 spiro atoms. The van der Waals surface area contributed by atoms with Crippen LogP contribution in [0.2, 0.25) is 0 Å². The minimum atomic E-state index is -0.120. The third kappa shape index (κ3) is 3.68. The molecule has 0 radical (unpaired) electrons. The van der Waals surface area contributed by atoms with E-state index in [2.05, 4.69) is 20.5 Å². The van der Waals surface area contributed by atoms with E-state index in [0.717, 1.165) is 43.0 Å². The van der Waals surface area contributed by atoms with Gasteiger partial charge in [0.1, 0.15) is 5.82 Å². The highest BCUT2D eigenvalue weighted by Gasteiger charge is 2.12. The number of pyridine rings is 1. The first-order valence-electron chi connectivity index (χ1n) is 7.94. The SMILES string of the molecule is Cc1ccc(C(=O)Nc2ccc(N3CCNCC3)cn2)c(C)c1. The smallest absolute Gasteiger partial charge is 0.257 e. The zero-order valence-electron chi connectivity index (χ0n) is 13.6. The third-order valence-corrected chi connectivity index (χ3v) is 4.10. The summed E-state index contributed by atoms with van der Waals surface area (Å²) in [4.78, 5) is 19.0. The molecule has 2 aromatic rings. The maximum Gasteiger partial charge on any atom is 0.257 e. The van der Waals surface area contributed by atoms with Crippen LogP contribution in [0.25, 0.3) is 0 Å². The average molecular weight is 310 g/mol. The lowest BCUT2D eigenvalue weighted by molar-refractivity contribution is 0.102. The van der Waals surface area contributed by atoms with Crippen molar-refractivity contribution in [1.29, 1.82) is 0 Å². The van der Waals surface area contributed by atoms with E-state index < -0.39 is 0 Å². The number of aromatic nitrogens is 1. The number of rotatable bonds is 3. The summed E-state index contributed by atoms with van der Waals surface area (Å²) in [7, 11) is 0. The van der Waals surface area contributed by atoms with Crippen LogP contribution in [0.4, 0.5) is 11.5 Å². The molecular weight excluding hydrogens is 288 g/mol. The number of nitrogens with one attached hydrogen (secondary N) is 2. The van der Waals surface area contributed by atoms with E-state index in [1.807, 2.05) is 50.4 Å². The third-order valence-electron chi connectivity index (χ3n) is 4.10. The first-order chi connectivity index (χ1) is 11.1. The Morgan fingerprint density at radius 1 is 1.17 bits per heavy atom. The van der Waals surface area contributed by atoms with E-state index in [1.54, 1.807) is 0 Å². The maximum atomic E-state index is 12.4. The van der Waals surface area contributed by atoms with E-state index in [-0.39, 0.29) is 5.91 Å². The second-order valence-electron chi connectivity index (χ2n) is 5.91. The molecule has 0 saturated carbocycles. The van der Waals surface area contributed by atoms with Gasteiger partial charge in [-0.15, -0.1) is 0 Å². The number of anilines is 2. The molecule has 3 rings (SSSR count). The molecule has 2 heterocycles. The van der Waals surface area contributed by atoms with Gasteiger partial charge in [0, 0.05) is 31.7 Å².